The molecule has 0 aliphatic carbocycles. The summed E-state index contributed by atoms with van der Waals surface area (Å²) in [4.78, 5) is 22.3. The van der Waals surface area contributed by atoms with Gasteiger partial charge in [0.25, 0.3) is 11.5 Å². The molecule has 154 valence electrons. The maximum Gasteiger partial charge on any atom is 0.266 e. The summed E-state index contributed by atoms with van der Waals surface area (Å²) in [6, 6.07) is 4.25. The van der Waals surface area contributed by atoms with E-state index in [2.05, 4.69) is 32.1 Å². The van der Waals surface area contributed by atoms with Gasteiger partial charge in [-0.05, 0) is 23.6 Å². The molecule has 0 spiro atoms. The SMILES string of the molecule is Cc1nc(N2C[C@@H]3C[C@H](C2)c2ccc(CN4C[C@H]5COC[C@H]5C4)c(=O)n2C3)no1. The van der Waals surface area contributed by atoms with Crippen molar-refractivity contribution in [1.82, 2.24) is 19.6 Å². The van der Waals surface area contributed by atoms with Crippen LogP contribution in [-0.2, 0) is 17.8 Å². The number of anilines is 1. The molecular formula is C21H27N5O3. The van der Waals surface area contributed by atoms with Crippen LogP contribution in [0.1, 0.15) is 29.5 Å². The van der Waals surface area contributed by atoms with Gasteiger partial charge in [0.2, 0.25) is 5.89 Å². The first kappa shape index (κ1) is 17.7. The second-order valence-electron chi connectivity index (χ2n) is 9.27. The number of hydrogen-bond acceptors (Lipinski definition) is 7. The number of hydrogen-bond donors (Lipinski definition) is 0. The maximum absolute atomic E-state index is 13.3. The third kappa shape index (κ3) is 3.00. The van der Waals surface area contributed by atoms with Crippen molar-refractivity contribution in [2.45, 2.75) is 32.4 Å². The number of rotatable bonds is 3. The van der Waals surface area contributed by atoms with E-state index in [4.69, 9.17) is 9.26 Å². The lowest BCUT2D eigenvalue weighted by molar-refractivity contribution is 0.152. The molecule has 0 amide bonds. The summed E-state index contributed by atoms with van der Waals surface area (Å²) in [5.74, 6) is 3.34. The first-order valence-electron chi connectivity index (χ1n) is 10.7. The first-order valence-corrected chi connectivity index (χ1v) is 10.7. The molecule has 4 aliphatic rings. The fourth-order valence-electron chi connectivity index (χ4n) is 5.85. The van der Waals surface area contributed by atoms with Crippen molar-refractivity contribution in [3.05, 3.63) is 39.6 Å². The Bertz CT molecular complexity index is 973. The fraction of sp³-hybridized carbons (Fsp3) is 0.667. The molecule has 3 fully saturated rings. The molecule has 4 atom stereocenters. The fourth-order valence-corrected chi connectivity index (χ4v) is 5.85. The van der Waals surface area contributed by atoms with E-state index in [9.17, 15) is 4.79 Å². The highest BCUT2D eigenvalue weighted by molar-refractivity contribution is 5.33. The zero-order valence-electron chi connectivity index (χ0n) is 16.8. The second kappa shape index (κ2) is 6.67. The number of pyridine rings is 1. The van der Waals surface area contributed by atoms with Gasteiger partial charge in [0.1, 0.15) is 0 Å². The zero-order valence-corrected chi connectivity index (χ0v) is 16.8. The van der Waals surface area contributed by atoms with Crippen LogP contribution in [0.4, 0.5) is 5.95 Å². The third-order valence-corrected chi connectivity index (χ3v) is 7.19. The van der Waals surface area contributed by atoms with Gasteiger partial charge in [0.05, 0.1) is 13.2 Å². The number of likely N-dealkylation sites (tertiary alicyclic amines) is 1. The maximum atomic E-state index is 13.3. The van der Waals surface area contributed by atoms with E-state index < -0.39 is 0 Å². The van der Waals surface area contributed by atoms with E-state index in [0.29, 0.717) is 35.5 Å². The van der Waals surface area contributed by atoms with Crippen LogP contribution in [0, 0.1) is 24.7 Å². The summed E-state index contributed by atoms with van der Waals surface area (Å²) in [7, 11) is 0. The number of piperidine rings is 1. The standard InChI is InChI=1S/C21H27N5O3/c1-13-22-21(23-29-13)25-5-14-4-16(10-25)19-3-2-15(20(27)26(19)6-14)7-24-8-17-11-28-12-18(17)9-24/h2-3,14,16-18H,4-12H2,1H3/t14-,16+,17-,18+/m0/s1. The van der Waals surface area contributed by atoms with Crippen LogP contribution in [0.2, 0.25) is 0 Å². The van der Waals surface area contributed by atoms with Crippen LogP contribution in [0.15, 0.2) is 21.5 Å². The zero-order chi connectivity index (χ0) is 19.5. The van der Waals surface area contributed by atoms with Gasteiger partial charge in [0.15, 0.2) is 0 Å². The van der Waals surface area contributed by atoms with Crippen molar-refractivity contribution in [3.8, 4) is 0 Å². The number of aryl methyl sites for hydroxylation is 1. The van der Waals surface area contributed by atoms with Gasteiger partial charge in [-0.3, -0.25) is 9.69 Å². The van der Waals surface area contributed by atoms with Gasteiger partial charge < -0.3 is 18.7 Å². The van der Waals surface area contributed by atoms with E-state index in [-0.39, 0.29) is 5.56 Å². The van der Waals surface area contributed by atoms with Crippen LogP contribution in [0.25, 0.3) is 0 Å². The highest BCUT2D eigenvalue weighted by Gasteiger charge is 2.38. The van der Waals surface area contributed by atoms with Crippen LogP contribution in [0.3, 0.4) is 0 Å². The van der Waals surface area contributed by atoms with E-state index >= 15 is 0 Å². The second-order valence-corrected chi connectivity index (χ2v) is 9.27. The predicted octanol–water partition coefficient (Wildman–Crippen LogP) is 1.24. The third-order valence-electron chi connectivity index (χ3n) is 7.19. The molecule has 2 aromatic heterocycles. The van der Waals surface area contributed by atoms with E-state index in [1.807, 2.05) is 11.5 Å². The summed E-state index contributed by atoms with van der Waals surface area (Å²) in [6.07, 6.45) is 1.13. The van der Waals surface area contributed by atoms with E-state index in [0.717, 1.165) is 70.2 Å². The highest BCUT2D eigenvalue weighted by Crippen LogP contribution is 2.36. The average molecular weight is 397 g/mol. The van der Waals surface area contributed by atoms with Crippen molar-refractivity contribution >= 4 is 5.95 Å². The van der Waals surface area contributed by atoms with Crippen molar-refractivity contribution in [2.24, 2.45) is 17.8 Å². The predicted molar refractivity (Wildman–Crippen MR) is 106 cm³/mol. The number of aromatic nitrogens is 3. The largest absolute Gasteiger partial charge is 0.381 e. The minimum atomic E-state index is 0.203. The molecule has 3 saturated heterocycles. The van der Waals surface area contributed by atoms with E-state index in [1.54, 1.807) is 0 Å². The Morgan fingerprint density at radius 1 is 1.10 bits per heavy atom. The molecule has 8 heteroatoms. The molecule has 0 unspecified atom stereocenters. The molecule has 4 aliphatic heterocycles. The molecule has 2 bridgehead atoms. The van der Waals surface area contributed by atoms with Crippen LogP contribution in [0.5, 0.6) is 0 Å². The van der Waals surface area contributed by atoms with Gasteiger partial charge in [-0.2, -0.15) is 4.98 Å². The minimum absolute atomic E-state index is 0.203. The normalized spacial score (nSPS) is 31.1. The molecule has 6 heterocycles. The molecule has 29 heavy (non-hydrogen) atoms. The lowest BCUT2D eigenvalue weighted by Gasteiger charge is -2.42. The minimum Gasteiger partial charge on any atom is -0.381 e. The van der Waals surface area contributed by atoms with Gasteiger partial charge in [-0.15, -0.1) is 0 Å². The average Bonchev–Trinajstić information content (AvgIpc) is 3.41. The topological polar surface area (TPSA) is 76.6 Å². The van der Waals surface area contributed by atoms with E-state index in [1.165, 1.54) is 0 Å². The summed E-state index contributed by atoms with van der Waals surface area (Å²) in [5.41, 5.74) is 2.29. The quantitative estimate of drug-likeness (QED) is 0.771. The first-order chi connectivity index (χ1) is 14.1. The molecule has 2 aromatic rings. The number of fused-ring (bicyclic) bond motifs is 5. The summed E-state index contributed by atoms with van der Waals surface area (Å²) >= 11 is 0. The molecule has 0 N–H and O–H groups in total. The monoisotopic (exact) mass is 397 g/mol. The molecule has 0 saturated carbocycles. The Morgan fingerprint density at radius 3 is 2.69 bits per heavy atom. The summed E-state index contributed by atoms with van der Waals surface area (Å²) < 4.78 is 12.8. The Hall–Kier alpha value is -2.19. The molecule has 6 rings (SSSR count). The molecular weight excluding hydrogens is 370 g/mol. The van der Waals surface area contributed by atoms with Crippen molar-refractivity contribution in [1.29, 1.82) is 0 Å². The van der Waals surface area contributed by atoms with Crippen molar-refractivity contribution in [2.75, 3.05) is 44.3 Å². The van der Waals surface area contributed by atoms with Gasteiger partial charge in [-0.1, -0.05) is 6.07 Å². The smallest absolute Gasteiger partial charge is 0.266 e. The number of ether oxygens (including phenoxy) is 1. The Kier molecular flexibility index (Phi) is 4.06. The van der Waals surface area contributed by atoms with Gasteiger partial charge in [-0.25, -0.2) is 0 Å². The molecule has 0 radical (unpaired) electrons. The molecule has 8 nitrogen and oxygen atoms in total. The highest BCUT2D eigenvalue weighted by atomic mass is 16.5. The summed E-state index contributed by atoms with van der Waals surface area (Å²) in [5, 5.41) is 4.09. The molecule has 0 aromatic carbocycles. The van der Waals surface area contributed by atoms with Gasteiger partial charge >= 0.3 is 0 Å². The van der Waals surface area contributed by atoms with Crippen LogP contribution < -0.4 is 10.5 Å². The van der Waals surface area contributed by atoms with Crippen LogP contribution >= 0.6 is 0 Å². The summed E-state index contributed by atoms with van der Waals surface area (Å²) in [6.45, 7) is 8.93. The Balaban J connectivity index is 1.23. The lowest BCUT2D eigenvalue weighted by atomic mass is 9.83. The Morgan fingerprint density at radius 2 is 1.93 bits per heavy atom. The number of nitrogens with zero attached hydrogens (tertiary/aromatic N) is 5. The van der Waals surface area contributed by atoms with Crippen LogP contribution in [-0.4, -0.2) is 59.0 Å². The van der Waals surface area contributed by atoms with Crippen molar-refractivity contribution < 1.29 is 9.26 Å². The lowest BCUT2D eigenvalue weighted by Crippen LogP contribution is -2.48. The van der Waals surface area contributed by atoms with Crippen molar-refractivity contribution in [3.63, 3.8) is 0 Å². The van der Waals surface area contributed by atoms with Gasteiger partial charge in [0, 0.05) is 75.2 Å². The Labute approximate surface area is 169 Å².